The summed E-state index contributed by atoms with van der Waals surface area (Å²) in [6.07, 6.45) is 4.23. The summed E-state index contributed by atoms with van der Waals surface area (Å²) in [5.74, 6) is 0.368. The van der Waals surface area contributed by atoms with Gasteiger partial charge >= 0.3 is 0 Å². The van der Waals surface area contributed by atoms with Crippen molar-refractivity contribution in [3.8, 4) is 0 Å². The SMILES string of the molecule is O=C(C1CCCC1)N1CCN(S(=O)(=O)c2ccc(Br)cc2)CC1. The van der Waals surface area contributed by atoms with Crippen molar-refractivity contribution in [2.75, 3.05) is 26.2 Å². The lowest BCUT2D eigenvalue weighted by Crippen LogP contribution is -2.51. The van der Waals surface area contributed by atoms with Crippen LogP contribution in [-0.4, -0.2) is 49.7 Å². The van der Waals surface area contributed by atoms with Crippen LogP contribution < -0.4 is 0 Å². The quantitative estimate of drug-likeness (QED) is 0.782. The van der Waals surface area contributed by atoms with Crippen LogP contribution in [0.1, 0.15) is 25.7 Å². The molecule has 5 nitrogen and oxygen atoms in total. The van der Waals surface area contributed by atoms with Gasteiger partial charge in [-0.2, -0.15) is 4.31 Å². The third-order valence-corrected chi connectivity index (χ3v) is 7.15. The number of carbonyl (C=O) groups is 1. The van der Waals surface area contributed by atoms with Gasteiger partial charge in [0.25, 0.3) is 0 Å². The molecule has 126 valence electrons. The minimum Gasteiger partial charge on any atom is -0.340 e. The first-order valence-electron chi connectivity index (χ1n) is 8.03. The largest absolute Gasteiger partial charge is 0.340 e. The molecule has 3 rings (SSSR count). The van der Waals surface area contributed by atoms with E-state index in [9.17, 15) is 13.2 Å². The van der Waals surface area contributed by atoms with Crippen molar-refractivity contribution in [3.05, 3.63) is 28.7 Å². The van der Waals surface area contributed by atoms with Crippen LogP contribution in [0.15, 0.2) is 33.6 Å². The van der Waals surface area contributed by atoms with Gasteiger partial charge in [-0.3, -0.25) is 4.79 Å². The molecule has 1 heterocycles. The number of carbonyl (C=O) groups excluding carboxylic acids is 1. The normalized spacial score (nSPS) is 20.8. The van der Waals surface area contributed by atoms with Gasteiger partial charge in [-0.05, 0) is 37.1 Å². The van der Waals surface area contributed by atoms with Crippen LogP contribution in [-0.2, 0) is 14.8 Å². The van der Waals surface area contributed by atoms with Gasteiger partial charge in [-0.1, -0.05) is 28.8 Å². The summed E-state index contributed by atoms with van der Waals surface area (Å²) in [6.45, 7) is 1.73. The molecular formula is C16H21BrN2O3S. The molecule has 1 aliphatic heterocycles. The fourth-order valence-corrected chi connectivity index (χ4v) is 5.02. The van der Waals surface area contributed by atoms with E-state index in [4.69, 9.17) is 0 Å². The second kappa shape index (κ2) is 6.91. The van der Waals surface area contributed by atoms with Crippen molar-refractivity contribution in [3.63, 3.8) is 0 Å². The fourth-order valence-electron chi connectivity index (χ4n) is 3.34. The second-order valence-corrected chi connectivity index (χ2v) is 9.02. The second-order valence-electron chi connectivity index (χ2n) is 6.16. The van der Waals surface area contributed by atoms with E-state index >= 15 is 0 Å². The van der Waals surface area contributed by atoms with Crippen molar-refractivity contribution in [2.45, 2.75) is 30.6 Å². The molecule has 23 heavy (non-hydrogen) atoms. The van der Waals surface area contributed by atoms with Crippen LogP contribution in [0.4, 0.5) is 0 Å². The number of sulfonamides is 1. The van der Waals surface area contributed by atoms with Gasteiger partial charge in [0.05, 0.1) is 4.90 Å². The maximum absolute atomic E-state index is 12.6. The van der Waals surface area contributed by atoms with E-state index in [0.717, 1.165) is 30.2 Å². The van der Waals surface area contributed by atoms with Gasteiger partial charge in [0, 0.05) is 36.6 Å². The first kappa shape index (κ1) is 16.9. The van der Waals surface area contributed by atoms with Gasteiger partial charge in [-0.15, -0.1) is 0 Å². The van der Waals surface area contributed by atoms with Crippen LogP contribution >= 0.6 is 15.9 Å². The molecule has 0 N–H and O–H groups in total. The molecule has 1 aliphatic carbocycles. The Hall–Kier alpha value is -0.920. The van der Waals surface area contributed by atoms with E-state index in [-0.39, 0.29) is 11.8 Å². The predicted octanol–water partition coefficient (Wildman–Crippen LogP) is 2.47. The maximum atomic E-state index is 12.6. The average molecular weight is 401 g/mol. The fraction of sp³-hybridized carbons (Fsp3) is 0.562. The Labute approximate surface area is 145 Å². The Kier molecular flexibility index (Phi) is 5.08. The number of amides is 1. The van der Waals surface area contributed by atoms with Crippen LogP contribution in [0.2, 0.25) is 0 Å². The number of hydrogen-bond acceptors (Lipinski definition) is 3. The smallest absolute Gasteiger partial charge is 0.243 e. The lowest BCUT2D eigenvalue weighted by molar-refractivity contribution is -0.136. The number of nitrogens with zero attached hydrogens (tertiary/aromatic N) is 2. The topological polar surface area (TPSA) is 57.7 Å². The molecule has 7 heteroatoms. The molecule has 1 saturated carbocycles. The van der Waals surface area contributed by atoms with Crippen LogP contribution in [0.3, 0.4) is 0 Å². The molecule has 2 fully saturated rings. The predicted molar refractivity (Wildman–Crippen MR) is 91.4 cm³/mol. The number of hydrogen-bond donors (Lipinski definition) is 0. The maximum Gasteiger partial charge on any atom is 0.243 e. The summed E-state index contributed by atoms with van der Waals surface area (Å²) >= 11 is 3.31. The monoisotopic (exact) mass is 400 g/mol. The van der Waals surface area contributed by atoms with E-state index in [1.807, 2.05) is 4.90 Å². The summed E-state index contributed by atoms with van der Waals surface area (Å²) in [6, 6.07) is 6.67. The molecule has 0 aromatic heterocycles. The van der Waals surface area contributed by atoms with Gasteiger partial charge in [0.15, 0.2) is 0 Å². The van der Waals surface area contributed by atoms with Crippen molar-refractivity contribution in [2.24, 2.45) is 5.92 Å². The lowest BCUT2D eigenvalue weighted by Gasteiger charge is -2.35. The highest BCUT2D eigenvalue weighted by molar-refractivity contribution is 9.10. The highest BCUT2D eigenvalue weighted by Crippen LogP contribution is 2.27. The molecule has 1 amide bonds. The van der Waals surface area contributed by atoms with Crippen LogP contribution in [0, 0.1) is 5.92 Å². The molecule has 0 atom stereocenters. The van der Waals surface area contributed by atoms with Crippen molar-refractivity contribution >= 4 is 31.9 Å². The Balaban J connectivity index is 1.64. The van der Waals surface area contributed by atoms with Crippen LogP contribution in [0.25, 0.3) is 0 Å². The van der Waals surface area contributed by atoms with E-state index < -0.39 is 10.0 Å². The number of benzene rings is 1. The van der Waals surface area contributed by atoms with E-state index in [0.29, 0.717) is 31.1 Å². The molecule has 0 bridgehead atoms. The third-order valence-electron chi connectivity index (χ3n) is 4.71. The van der Waals surface area contributed by atoms with Crippen molar-refractivity contribution in [1.29, 1.82) is 0 Å². The average Bonchev–Trinajstić information content (AvgIpc) is 3.09. The van der Waals surface area contributed by atoms with Crippen molar-refractivity contribution in [1.82, 2.24) is 9.21 Å². The van der Waals surface area contributed by atoms with E-state index in [2.05, 4.69) is 15.9 Å². The number of halogens is 1. The standard InChI is InChI=1S/C16H21BrN2O3S/c17-14-5-7-15(8-6-14)23(21,22)19-11-9-18(10-12-19)16(20)13-3-1-2-4-13/h5-8,13H,1-4,9-12H2. The Bertz CT molecular complexity index is 661. The molecule has 2 aliphatic rings. The zero-order valence-electron chi connectivity index (χ0n) is 12.9. The summed E-state index contributed by atoms with van der Waals surface area (Å²) in [5, 5.41) is 0. The summed E-state index contributed by atoms with van der Waals surface area (Å²) in [5.41, 5.74) is 0. The minimum atomic E-state index is -3.47. The van der Waals surface area contributed by atoms with Gasteiger partial charge in [0.1, 0.15) is 0 Å². The summed E-state index contributed by atoms with van der Waals surface area (Å²) in [7, 11) is -3.47. The first-order valence-corrected chi connectivity index (χ1v) is 10.3. The Morgan fingerprint density at radius 3 is 2.13 bits per heavy atom. The third kappa shape index (κ3) is 3.61. The zero-order valence-corrected chi connectivity index (χ0v) is 15.4. The lowest BCUT2D eigenvalue weighted by atomic mass is 10.1. The zero-order chi connectivity index (χ0) is 16.4. The molecule has 0 spiro atoms. The van der Waals surface area contributed by atoms with Gasteiger partial charge < -0.3 is 4.90 Å². The molecule has 0 unspecified atom stereocenters. The highest BCUT2D eigenvalue weighted by Gasteiger charge is 2.33. The molecular weight excluding hydrogens is 380 g/mol. The molecule has 1 aromatic carbocycles. The Morgan fingerprint density at radius 2 is 1.57 bits per heavy atom. The summed E-state index contributed by atoms with van der Waals surface area (Å²) < 4.78 is 27.6. The summed E-state index contributed by atoms with van der Waals surface area (Å²) in [4.78, 5) is 14.6. The first-order chi connectivity index (χ1) is 11.0. The number of piperazine rings is 1. The van der Waals surface area contributed by atoms with E-state index in [1.54, 1.807) is 24.3 Å². The highest BCUT2D eigenvalue weighted by atomic mass is 79.9. The number of rotatable bonds is 3. The van der Waals surface area contributed by atoms with Crippen LogP contribution in [0.5, 0.6) is 0 Å². The molecule has 1 saturated heterocycles. The van der Waals surface area contributed by atoms with Gasteiger partial charge in [-0.25, -0.2) is 8.42 Å². The minimum absolute atomic E-state index is 0.157. The van der Waals surface area contributed by atoms with Gasteiger partial charge in [0.2, 0.25) is 15.9 Å². The molecule has 1 aromatic rings. The van der Waals surface area contributed by atoms with Crippen molar-refractivity contribution < 1.29 is 13.2 Å². The molecule has 0 radical (unpaired) electrons. The van der Waals surface area contributed by atoms with E-state index in [1.165, 1.54) is 4.31 Å². The Morgan fingerprint density at radius 1 is 1.00 bits per heavy atom.